The van der Waals surface area contributed by atoms with Crippen molar-refractivity contribution in [1.29, 1.82) is 0 Å². The first-order chi connectivity index (χ1) is 8.08. The third-order valence-corrected chi connectivity index (χ3v) is 3.57. The van der Waals surface area contributed by atoms with Crippen LogP contribution >= 0.6 is 43.2 Å². The van der Waals surface area contributed by atoms with Crippen LogP contribution in [-0.2, 0) is 0 Å². The lowest BCUT2D eigenvalue weighted by molar-refractivity contribution is -0.385. The van der Waals surface area contributed by atoms with Crippen molar-refractivity contribution in [3.8, 4) is 10.9 Å². The van der Waals surface area contributed by atoms with Crippen molar-refractivity contribution in [1.82, 2.24) is 10.2 Å². The molecule has 0 bridgehead atoms. The van der Waals surface area contributed by atoms with Crippen molar-refractivity contribution in [2.24, 2.45) is 0 Å². The normalized spacial score (nSPS) is 10.2. The van der Waals surface area contributed by atoms with Gasteiger partial charge in [0.15, 0.2) is 3.92 Å². The van der Waals surface area contributed by atoms with Gasteiger partial charge in [-0.05, 0) is 49.3 Å². The highest BCUT2D eigenvalue weighted by Crippen LogP contribution is 2.39. The average Bonchev–Trinajstić information content (AvgIpc) is 2.67. The van der Waals surface area contributed by atoms with E-state index in [0.29, 0.717) is 8.39 Å². The Morgan fingerprint density at radius 3 is 2.71 bits per heavy atom. The lowest BCUT2D eigenvalue weighted by atomic mass is 10.3. The molecule has 0 fully saturated rings. The minimum Gasteiger partial charge on any atom is -0.421 e. The molecule has 0 saturated heterocycles. The molecular weight excluding hydrogens is 378 g/mol. The zero-order chi connectivity index (χ0) is 12.4. The van der Waals surface area contributed by atoms with Crippen LogP contribution < -0.4 is 4.74 Å². The van der Waals surface area contributed by atoms with Gasteiger partial charge in [0, 0.05) is 6.07 Å². The number of para-hydroxylation sites is 1. The molecule has 0 aliphatic heterocycles. The van der Waals surface area contributed by atoms with Gasteiger partial charge in [0.1, 0.15) is 0 Å². The fraction of sp³-hybridized carbons (Fsp3) is 0. The van der Waals surface area contributed by atoms with Crippen LogP contribution in [-0.4, -0.2) is 15.1 Å². The standard InChI is InChI=1S/C8H3Br2N3O3S/c9-4-2-1-3-5(13(14)15)6(4)16-8-12-11-7(10)17-8/h1-3H. The SMILES string of the molecule is O=[N+]([O-])c1cccc(Br)c1Oc1nnc(Br)s1. The summed E-state index contributed by atoms with van der Waals surface area (Å²) in [5.41, 5.74) is -0.134. The number of benzene rings is 1. The first-order valence-electron chi connectivity index (χ1n) is 4.17. The van der Waals surface area contributed by atoms with Gasteiger partial charge in [0.05, 0.1) is 9.40 Å². The summed E-state index contributed by atoms with van der Waals surface area (Å²) in [6, 6.07) is 4.57. The van der Waals surface area contributed by atoms with Gasteiger partial charge in [0.25, 0.3) is 0 Å². The van der Waals surface area contributed by atoms with Crippen molar-refractivity contribution in [2.45, 2.75) is 0 Å². The fourth-order valence-electron chi connectivity index (χ4n) is 1.06. The topological polar surface area (TPSA) is 78.2 Å². The largest absolute Gasteiger partial charge is 0.421 e. The maximum Gasteiger partial charge on any atom is 0.312 e. The molecule has 0 atom stereocenters. The number of halogens is 2. The Kier molecular flexibility index (Phi) is 3.69. The summed E-state index contributed by atoms with van der Waals surface area (Å²) in [7, 11) is 0. The zero-order valence-electron chi connectivity index (χ0n) is 7.96. The number of ether oxygens (including phenoxy) is 1. The third kappa shape index (κ3) is 2.79. The van der Waals surface area contributed by atoms with E-state index < -0.39 is 4.92 Å². The van der Waals surface area contributed by atoms with Gasteiger partial charge >= 0.3 is 10.9 Å². The molecule has 0 radical (unpaired) electrons. The van der Waals surface area contributed by atoms with Crippen molar-refractivity contribution in [3.05, 3.63) is 36.7 Å². The highest BCUT2D eigenvalue weighted by Gasteiger charge is 2.20. The van der Waals surface area contributed by atoms with Gasteiger partial charge in [-0.3, -0.25) is 10.1 Å². The first-order valence-corrected chi connectivity index (χ1v) is 6.58. The van der Waals surface area contributed by atoms with Crippen LogP contribution in [0.4, 0.5) is 5.69 Å². The van der Waals surface area contributed by atoms with Crippen LogP contribution in [0, 0.1) is 10.1 Å². The van der Waals surface area contributed by atoms with E-state index in [-0.39, 0.29) is 16.6 Å². The summed E-state index contributed by atoms with van der Waals surface area (Å²) in [6.07, 6.45) is 0. The van der Waals surface area contributed by atoms with Gasteiger partial charge in [-0.1, -0.05) is 11.2 Å². The molecule has 0 amide bonds. The number of rotatable bonds is 3. The van der Waals surface area contributed by atoms with E-state index in [2.05, 4.69) is 42.1 Å². The van der Waals surface area contributed by atoms with Crippen molar-refractivity contribution >= 4 is 48.9 Å². The summed E-state index contributed by atoms with van der Waals surface area (Å²) in [6.45, 7) is 0. The highest BCUT2D eigenvalue weighted by atomic mass is 79.9. The van der Waals surface area contributed by atoms with Gasteiger partial charge in [0.2, 0.25) is 5.75 Å². The number of hydrogen-bond acceptors (Lipinski definition) is 6. The molecule has 0 unspecified atom stereocenters. The molecule has 1 aromatic carbocycles. The molecule has 0 spiro atoms. The number of hydrogen-bond donors (Lipinski definition) is 0. The van der Waals surface area contributed by atoms with E-state index in [1.54, 1.807) is 12.1 Å². The Balaban J connectivity index is 2.40. The molecule has 88 valence electrons. The molecule has 1 aromatic heterocycles. The fourth-order valence-corrected chi connectivity index (χ4v) is 2.43. The maximum absolute atomic E-state index is 10.8. The number of nitro benzene ring substituents is 1. The molecule has 0 aliphatic rings. The molecule has 2 aromatic rings. The molecule has 6 nitrogen and oxygen atoms in total. The Bertz CT molecular complexity index is 575. The lowest BCUT2D eigenvalue weighted by Gasteiger charge is -2.04. The van der Waals surface area contributed by atoms with E-state index >= 15 is 0 Å². The minimum atomic E-state index is -0.518. The van der Waals surface area contributed by atoms with E-state index in [9.17, 15) is 10.1 Å². The molecule has 1 heterocycles. The quantitative estimate of drug-likeness (QED) is 0.598. The van der Waals surface area contributed by atoms with E-state index in [4.69, 9.17) is 4.74 Å². The van der Waals surface area contributed by atoms with Gasteiger partial charge < -0.3 is 4.74 Å². The van der Waals surface area contributed by atoms with E-state index in [0.717, 1.165) is 11.3 Å². The second kappa shape index (κ2) is 5.07. The molecule has 0 N–H and O–H groups in total. The van der Waals surface area contributed by atoms with Gasteiger partial charge in [-0.25, -0.2) is 0 Å². The van der Waals surface area contributed by atoms with Crippen LogP contribution in [0.15, 0.2) is 26.6 Å². The van der Waals surface area contributed by atoms with Crippen molar-refractivity contribution in [2.75, 3.05) is 0 Å². The van der Waals surface area contributed by atoms with Crippen LogP contribution in [0.2, 0.25) is 0 Å². The average molecular weight is 381 g/mol. The monoisotopic (exact) mass is 379 g/mol. The predicted molar refractivity (Wildman–Crippen MR) is 68.5 cm³/mol. The number of nitro groups is 1. The van der Waals surface area contributed by atoms with E-state index in [1.807, 2.05) is 0 Å². The van der Waals surface area contributed by atoms with Gasteiger partial charge in [-0.15, -0.1) is 5.10 Å². The van der Waals surface area contributed by atoms with Crippen LogP contribution in [0.5, 0.6) is 10.9 Å². The highest BCUT2D eigenvalue weighted by molar-refractivity contribution is 9.11. The second-order valence-corrected chi connectivity index (χ2v) is 5.84. The summed E-state index contributed by atoms with van der Waals surface area (Å²) in [4.78, 5) is 10.3. The van der Waals surface area contributed by atoms with E-state index in [1.165, 1.54) is 6.07 Å². The molecule has 9 heteroatoms. The van der Waals surface area contributed by atoms with Gasteiger partial charge in [-0.2, -0.15) is 0 Å². The molecule has 0 aliphatic carbocycles. The third-order valence-electron chi connectivity index (χ3n) is 1.71. The van der Waals surface area contributed by atoms with Crippen LogP contribution in [0.1, 0.15) is 0 Å². The Labute approximate surface area is 116 Å². The Hall–Kier alpha value is -1.06. The minimum absolute atomic E-state index is 0.112. The first kappa shape index (κ1) is 12.4. The molecule has 0 saturated carbocycles. The Morgan fingerprint density at radius 2 is 2.12 bits per heavy atom. The molecule has 2 rings (SSSR count). The maximum atomic E-state index is 10.8. The van der Waals surface area contributed by atoms with Crippen molar-refractivity contribution < 1.29 is 9.66 Å². The van der Waals surface area contributed by atoms with Crippen LogP contribution in [0.25, 0.3) is 0 Å². The second-order valence-electron chi connectivity index (χ2n) is 2.77. The Morgan fingerprint density at radius 1 is 1.35 bits per heavy atom. The lowest BCUT2D eigenvalue weighted by Crippen LogP contribution is -1.94. The summed E-state index contributed by atoms with van der Waals surface area (Å²) < 4.78 is 6.38. The predicted octanol–water partition coefficient (Wildman–Crippen LogP) is 3.76. The summed E-state index contributed by atoms with van der Waals surface area (Å²) in [5.74, 6) is 0.112. The van der Waals surface area contributed by atoms with Crippen LogP contribution in [0.3, 0.4) is 0 Å². The molecular formula is C8H3Br2N3O3S. The number of nitrogens with zero attached hydrogens (tertiary/aromatic N) is 3. The summed E-state index contributed by atoms with van der Waals surface area (Å²) >= 11 is 7.47. The summed E-state index contributed by atoms with van der Waals surface area (Å²) in [5, 5.41) is 18.5. The zero-order valence-corrected chi connectivity index (χ0v) is 12.0. The molecule has 17 heavy (non-hydrogen) atoms. The van der Waals surface area contributed by atoms with Crippen molar-refractivity contribution in [3.63, 3.8) is 0 Å². The number of aromatic nitrogens is 2. The smallest absolute Gasteiger partial charge is 0.312 e.